The summed E-state index contributed by atoms with van der Waals surface area (Å²) in [4.78, 5) is 12.6. The van der Waals surface area contributed by atoms with Crippen LogP contribution >= 0.6 is 0 Å². The molecule has 29 heavy (non-hydrogen) atoms. The first kappa shape index (κ1) is 21.5. The maximum atomic E-state index is 12.6. The van der Waals surface area contributed by atoms with Crippen LogP contribution in [0.1, 0.15) is 42.3 Å². The van der Waals surface area contributed by atoms with E-state index >= 15 is 0 Å². The van der Waals surface area contributed by atoms with Crippen LogP contribution in [0.25, 0.3) is 0 Å². The fraction of sp³-hybridized carbons (Fsp3) is 0.524. The molecule has 7 nitrogen and oxygen atoms in total. The summed E-state index contributed by atoms with van der Waals surface area (Å²) in [7, 11) is -3.17. The van der Waals surface area contributed by atoms with Crippen LogP contribution in [0.3, 0.4) is 0 Å². The zero-order chi connectivity index (χ0) is 21.0. The molecule has 2 aromatic rings. The highest BCUT2D eigenvalue weighted by atomic mass is 32.2. The number of amides is 1. The summed E-state index contributed by atoms with van der Waals surface area (Å²) in [6.07, 6.45) is 1.13. The molecule has 0 unspecified atom stereocenters. The summed E-state index contributed by atoms with van der Waals surface area (Å²) >= 11 is 0. The van der Waals surface area contributed by atoms with Crippen LogP contribution in [0, 0.1) is 19.8 Å². The number of rotatable bonds is 7. The second-order valence-corrected chi connectivity index (χ2v) is 9.84. The number of carbonyl (C=O) groups is 1. The van der Waals surface area contributed by atoms with Crippen LogP contribution in [0.5, 0.6) is 0 Å². The van der Waals surface area contributed by atoms with Gasteiger partial charge in [0.1, 0.15) is 0 Å². The Kier molecular flexibility index (Phi) is 6.74. The fourth-order valence-electron chi connectivity index (χ4n) is 3.80. The highest BCUT2D eigenvalue weighted by Crippen LogP contribution is 2.21. The fourth-order valence-corrected chi connectivity index (χ4v) is 4.93. The summed E-state index contributed by atoms with van der Waals surface area (Å²) < 4.78 is 27.4. The molecule has 1 aromatic heterocycles. The highest BCUT2D eigenvalue weighted by Gasteiger charge is 2.30. The van der Waals surface area contributed by atoms with Gasteiger partial charge < -0.3 is 5.32 Å². The summed E-state index contributed by atoms with van der Waals surface area (Å²) in [6.45, 7) is 7.62. The van der Waals surface area contributed by atoms with Crippen LogP contribution in [0.15, 0.2) is 30.3 Å². The number of aromatic nitrogens is 2. The van der Waals surface area contributed by atoms with E-state index in [0.717, 1.165) is 17.0 Å². The van der Waals surface area contributed by atoms with Gasteiger partial charge >= 0.3 is 0 Å². The normalized spacial score (nSPS) is 16.1. The minimum absolute atomic E-state index is 0.00634. The Labute approximate surface area is 173 Å². The predicted molar refractivity (Wildman–Crippen MR) is 113 cm³/mol. The molecule has 8 heteroatoms. The second kappa shape index (κ2) is 9.09. The lowest BCUT2D eigenvalue weighted by Gasteiger charge is -2.30. The molecular weight excluding hydrogens is 388 g/mol. The summed E-state index contributed by atoms with van der Waals surface area (Å²) in [5.41, 5.74) is 4.20. The molecule has 1 fully saturated rings. The van der Waals surface area contributed by atoms with Crippen LogP contribution < -0.4 is 5.32 Å². The molecule has 1 saturated heterocycles. The largest absolute Gasteiger partial charge is 0.352 e. The number of hydrogen-bond acceptors (Lipinski definition) is 4. The van der Waals surface area contributed by atoms with Crippen molar-refractivity contribution < 1.29 is 13.2 Å². The molecule has 0 bridgehead atoms. The van der Waals surface area contributed by atoms with E-state index in [1.807, 2.05) is 36.7 Å². The minimum atomic E-state index is -3.17. The number of nitrogens with zero attached hydrogens (tertiary/aromatic N) is 3. The van der Waals surface area contributed by atoms with Crippen molar-refractivity contribution in [1.82, 2.24) is 19.4 Å². The van der Waals surface area contributed by atoms with Crippen LogP contribution in [-0.2, 0) is 27.9 Å². The lowest BCUT2D eigenvalue weighted by atomic mass is 9.97. The Balaban J connectivity index is 1.57. The van der Waals surface area contributed by atoms with Gasteiger partial charge in [-0.2, -0.15) is 5.10 Å². The van der Waals surface area contributed by atoms with Gasteiger partial charge in [0, 0.05) is 36.8 Å². The summed E-state index contributed by atoms with van der Waals surface area (Å²) in [5.74, 6) is -0.0403. The van der Waals surface area contributed by atoms with Crippen LogP contribution in [-0.4, -0.2) is 47.3 Å². The van der Waals surface area contributed by atoms with Gasteiger partial charge in [-0.05, 0) is 39.2 Å². The van der Waals surface area contributed by atoms with Crippen molar-refractivity contribution in [3.8, 4) is 0 Å². The first-order valence-electron chi connectivity index (χ1n) is 10.1. The van der Waals surface area contributed by atoms with E-state index in [2.05, 4.69) is 22.5 Å². The van der Waals surface area contributed by atoms with Gasteiger partial charge in [-0.3, -0.25) is 9.48 Å². The van der Waals surface area contributed by atoms with E-state index in [4.69, 9.17) is 0 Å². The molecular formula is C21H30N4O3S. The average Bonchev–Trinajstić information content (AvgIpc) is 2.99. The van der Waals surface area contributed by atoms with E-state index in [9.17, 15) is 13.2 Å². The molecule has 1 aromatic carbocycles. The number of carbonyl (C=O) groups excluding carboxylic acids is 1. The van der Waals surface area contributed by atoms with Gasteiger partial charge in [0.2, 0.25) is 15.9 Å². The van der Waals surface area contributed by atoms with Gasteiger partial charge in [0.15, 0.2) is 0 Å². The Morgan fingerprint density at radius 3 is 2.45 bits per heavy atom. The SMILES string of the molecule is CCS(=O)(=O)N1CCC(C(=O)NCc2c(C)nn(Cc3ccccc3)c2C)CC1. The van der Waals surface area contributed by atoms with E-state index in [-0.39, 0.29) is 17.6 Å². The Morgan fingerprint density at radius 1 is 1.17 bits per heavy atom. The van der Waals surface area contributed by atoms with E-state index in [1.54, 1.807) is 6.92 Å². The third-order valence-corrected chi connectivity index (χ3v) is 7.61. The summed E-state index contributed by atoms with van der Waals surface area (Å²) in [5, 5.41) is 7.67. The van der Waals surface area contributed by atoms with Crippen molar-refractivity contribution in [2.45, 2.75) is 46.7 Å². The quantitative estimate of drug-likeness (QED) is 0.747. The zero-order valence-electron chi connectivity index (χ0n) is 17.4. The first-order valence-corrected chi connectivity index (χ1v) is 11.7. The van der Waals surface area contributed by atoms with Crippen molar-refractivity contribution in [2.24, 2.45) is 5.92 Å². The smallest absolute Gasteiger partial charge is 0.223 e. The number of sulfonamides is 1. The van der Waals surface area contributed by atoms with Crippen molar-refractivity contribution >= 4 is 15.9 Å². The van der Waals surface area contributed by atoms with Crippen molar-refractivity contribution in [3.63, 3.8) is 0 Å². The lowest BCUT2D eigenvalue weighted by molar-refractivity contribution is -0.126. The Morgan fingerprint density at radius 2 is 1.83 bits per heavy atom. The number of aryl methyl sites for hydroxylation is 1. The van der Waals surface area contributed by atoms with E-state index < -0.39 is 10.0 Å². The molecule has 0 radical (unpaired) electrons. The highest BCUT2D eigenvalue weighted by molar-refractivity contribution is 7.89. The predicted octanol–water partition coefficient (Wildman–Crippen LogP) is 2.23. The van der Waals surface area contributed by atoms with E-state index in [0.29, 0.717) is 39.0 Å². The Bertz CT molecular complexity index is 946. The molecule has 0 aliphatic carbocycles. The number of hydrogen-bond donors (Lipinski definition) is 1. The topological polar surface area (TPSA) is 84.3 Å². The second-order valence-electron chi connectivity index (χ2n) is 7.58. The molecule has 3 rings (SSSR count). The van der Waals surface area contributed by atoms with Gasteiger partial charge in [-0.1, -0.05) is 30.3 Å². The zero-order valence-corrected chi connectivity index (χ0v) is 18.2. The third-order valence-electron chi connectivity index (χ3n) is 5.73. The molecule has 1 aliphatic heterocycles. The molecule has 1 N–H and O–H groups in total. The third kappa shape index (κ3) is 5.05. The standard InChI is InChI=1S/C21H30N4O3S/c1-4-29(27,28)24-12-10-19(11-13-24)21(26)22-14-20-16(2)23-25(17(20)3)15-18-8-6-5-7-9-18/h5-9,19H,4,10-15H2,1-3H3,(H,22,26). The lowest BCUT2D eigenvalue weighted by Crippen LogP contribution is -2.43. The van der Waals surface area contributed by atoms with Gasteiger partial charge in [0.25, 0.3) is 0 Å². The molecule has 1 aliphatic rings. The molecule has 1 amide bonds. The number of nitrogens with one attached hydrogen (secondary N) is 1. The molecule has 0 saturated carbocycles. The molecule has 0 spiro atoms. The molecule has 0 atom stereocenters. The minimum Gasteiger partial charge on any atom is -0.352 e. The average molecular weight is 419 g/mol. The number of benzene rings is 1. The van der Waals surface area contributed by atoms with Crippen molar-refractivity contribution in [2.75, 3.05) is 18.8 Å². The molecule has 2 heterocycles. The van der Waals surface area contributed by atoms with Crippen LogP contribution in [0.2, 0.25) is 0 Å². The maximum Gasteiger partial charge on any atom is 0.223 e. The van der Waals surface area contributed by atoms with Gasteiger partial charge in [0.05, 0.1) is 18.0 Å². The summed E-state index contributed by atoms with van der Waals surface area (Å²) in [6, 6.07) is 10.2. The van der Waals surface area contributed by atoms with E-state index in [1.165, 1.54) is 9.87 Å². The van der Waals surface area contributed by atoms with Crippen molar-refractivity contribution in [3.05, 3.63) is 52.8 Å². The maximum absolute atomic E-state index is 12.6. The van der Waals surface area contributed by atoms with Crippen LogP contribution in [0.4, 0.5) is 0 Å². The Hall–Kier alpha value is -2.19. The van der Waals surface area contributed by atoms with Gasteiger partial charge in [-0.15, -0.1) is 0 Å². The molecule has 158 valence electrons. The first-order chi connectivity index (χ1) is 13.8. The monoisotopic (exact) mass is 418 g/mol. The van der Waals surface area contributed by atoms with Crippen molar-refractivity contribution in [1.29, 1.82) is 0 Å². The number of piperidine rings is 1. The van der Waals surface area contributed by atoms with Gasteiger partial charge in [-0.25, -0.2) is 12.7 Å².